The molecule has 0 aliphatic heterocycles. The second-order valence-corrected chi connectivity index (χ2v) is 6.20. The largest absolute Gasteiger partial charge is 0.313 e. The van der Waals surface area contributed by atoms with E-state index in [0.717, 1.165) is 18.9 Å². The maximum absolute atomic E-state index is 3.95. The Bertz CT molecular complexity index is 214. The van der Waals surface area contributed by atoms with E-state index < -0.39 is 0 Å². The summed E-state index contributed by atoms with van der Waals surface area (Å²) in [4.78, 5) is 0. The molecule has 0 radical (unpaired) electrons. The lowest BCUT2D eigenvalue weighted by Gasteiger charge is -2.39. The molecule has 0 aromatic rings. The molecule has 0 heterocycles. The highest BCUT2D eigenvalue weighted by atomic mass is 14.9. The number of hydrogen-bond acceptors (Lipinski definition) is 1. The minimum atomic E-state index is 0.553. The van der Waals surface area contributed by atoms with E-state index in [1.54, 1.807) is 0 Å². The molecular formula is C16H31N. The molecule has 100 valence electrons. The monoisotopic (exact) mass is 237 g/mol. The lowest BCUT2D eigenvalue weighted by molar-refractivity contribution is 0.156. The summed E-state index contributed by atoms with van der Waals surface area (Å²) in [5.74, 6) is 0.809. The molecule has 1 atom stereocenters. The fourth-order valence-electron chi connectivity index (χ4n) is 3.62. The van der Waals surface area contributed by atoms with Gasteiger partial charge in [0.25, 0.3) is 0 Å². The Labute approximate surface area is 108 Å². The Kier molecular flexibility index (Phi) is 6.26. The normalized spacial score (nSPS) is 20.7. The summed E-state index contributed by atoms with van der Waals surface area (Å²) >= 11 is 0. The summed E-state index contributed by atoms with van der Waals surface area (Å²) in [5, 5.41) is 3.79. The Hall–Kier alpha value is -0.300. The molecule has 0 amide bonds. The van der Waals surface area contributed by atoms with E-state index in [2.05, 4.69) is 38.7 Å². The maximum Gasteiger partial charge on any atom is 0.0158 e. The van der Waals surface area contributed by atoms with E-state index >= 15 is 0 Å². The highest BCUT2D eigenvalue weighted by Crippen LogP contribution is 2.46. The van der Waals surface area contributed by atoms with Crippen LogP contribution in [0.2, 0.25) is 0 Å². The summed E-state index contributed by atoms with van der Waals surface area (Å²) in [6.07, 6.45) is 11.5. The molecule has 0 saturated heterocycles. The van der Waals surface area contributed by atoms with Gasteiger partial charge in [0.2, 0.25) is 0 Å². The number of rotatable bonds is 8. The van der Waals surface area contributed by atoms with E-state index in [1.807, 2.05) is 0 Å². The molecular weight excluding hydrogens is 206 g/mol. The second kappa shape index (κ2) is 7.20. The smallest absolute Gasteiger partial charge is 0.0158 e. The van der Waals surface area contributed by atoms with Crippen LogP contribution in [0.1, 0.15) is 65.7 Å². The SMILES string of the molecule is C=CCC(NCCC)C1(CC(C)C)CCCC1. The molecule has 1 aliphatic rings. The van der Waals surface area contributed by atoms with Gasteiger partial charge < -0.3 is 5.32 Å². The summed E-state index contributed by atoms with van der Waals surface area (Å²) in [5.41, 5.74) is 0.553. The lowest BCUT2D eigenvalue weighted by atomic mass is 9.71. The van der Waals surface area contributed by atoms with Crippen molar-refractivity contribution in [2.75, 3.05) is 6.54 Å². The molecule has 1 aliphatic carbocycles. The van der Waals surface area contributed by atoms with Crippen LogP contribution in [-0.2, 0) is 0 Å². The molecule has 0 bridgehead atoms. The predicted molar refractivity (Wildman–Crippen MR) is 77.3 cm³/mol. The molecule has 17 heavy (non-hydrogen) atoms. The van der Waals surface area contributed by atoms with E-state index in [1.165, 1.54) is 38.5 Å². The van der Waals surface area contributed by atoms with E-state index in [0.29, 0.717) is 11.5 Å². The van der Waals surface area contributed by atoms with Crippen molar-refractivity contribution in [2.45, 2.75) is 71.8 Å². The second-order valence-electron chi connectivity index (χ2n) is 6.20. The van der Waals surface area contributed by atoms with Gasteiger partial charge in [-0.05, 0) is 50.0 Å². The highest BCUT2D eigenvalue weighted by molar-refractivity contribution is 4.97. The Balaban J connectivity index is 2.72. The zero-order valence-electron chi connectivity index (χ0n) is 12.1. The average molecular weight is 237 g/mol. The van der Waals surface area contributed by atoms with Crippen molar-refractivity contribution < 1.29 is 0 Å². The van der Waals surface area contributed by atoms with Crippen LogP contribution in [-0.4, -0.2) is 12.6 Å². The van der Waals surface area contributed by atoms with Crippen molar-refractivity contribution in [3.63, 3.8) is 0 Å². The third-order valence-corrected chi connectivity index (χ3v) is 4.20. The van der Waals surface area contributed by atoms with Crippen molar-refractivity contribution in [3.05, 3.63) is 12.7 Å². The fraction of sp³-hybridized carbons (Fsp3) is 0.875. The van der Waals surface area contributed by atoms with Crippen LogP contribution in [0.4, 0.5) is 0 Å². The third kappa shape index (κ3) is 4.13. The van der Waals surface area contributed by atoms with E-state index in [-0.39, 0.29) is 0 Å². The van der Waals surface area contributed by atoms with E-state index in [4.69, 9.17) is 0 Å². The summed E-state index contributed by atoms with van der Waals surface area (Å²) in [6.45, 7) is 12.1. The Morgan fingerprint density at radius 1 is 1.29 bits per heavy atom. The first-order chi connectivity index (χ1) is 8.14. The highest BCUT2D eigenvalue weighted by Gasteiger charge is 2.40. The average Bonchev–Trinajstić information content (AvgIpc) is 2.72. The van der Waals surface area contributed by atoms with Gasteiger partial charge in [0.15, 0.2) is 0 Å². The predicted octanol–water partition coefficient (Wildman–Crippen LogP) is 4.54. The van der Waals surface area contributed by atoms with Crippen molar-refractivity contribution in [1.29, 1.82) is 0 Å². The van der Waals surface area contributed by atoms with Crippen molar-refractivity contribution >= 4 is 0 Å². The first-order valence-corrected chi connectivity index (χ1v) is 7.49. The van der Waals surface area contributed by atoms with Gasteiger partial charge in [-0.15, -0.1) is 6.58 Å². The number of nitrogens with one attached hydrogen (secondary N) is 1. The van der Waals surface area contributed by atoms with Crippen LogP contribution in [0.15, 0.2) is 12.7 Å². The van der Waals surface area contributed by atoms with Crippen LogP contribution >= 0.6 is 0 Å². The standard InChI is InChI=1S/C16H31N/c1-5-9-15(17-12-6-2)16(13-14(3)4)10-7-8-11-16/h5,14-15,17H,1,6-13H2,2-4H3. The Morgan fingerprint density at radius 2 is 1.94 bits per heavy atom. The van der Waals surface area contributed by atoms with Gasteiger partial charge in [-0.1, -0.05) is 39.7 Å². The Morgan fingerprint density at radius 3 is 2.41 bits per heavy atom. The molecule has 1 unspecified atom stereocenters. The molecule has 1 N–H and O–H groups in total. The molecule has 1 nitrogen and oxygen atoms in total. The van der Waals surface area contributed by atoms with Crippen LogP contribution in [0.25, 0.3) is 0 Å². The van der Waals surface area contributed by atoms with Gasteiger partial charge >= 0.3 is 0 Å². The van der Waals surface area contributed by atoms with Crippen molar-refractivity contribution in [2.24, 2.45) is 11.3 Å². The molecule has 1 rings (SSSR count). The van der Waals surface area contributed by atoms with Crippen molar-refractivity contribution in [3.8, 4) is 0 Å². The quantitative estimate of drug-likeness (QED) is 0.611. The van der Waals surface area contributed by atoms with Gasteiger partial charge in [-0.25, -0.2) is 0 Å². The van der Waals surface area contributed by atoms with Crippen molar-refractivity contribution in [1.82, 2.24) is 5.32 Å². The summed E-state index contributed by atoms with van der Waals surface area (Å²) in [7, 11) is 0. The van der Waals surface area contributed by atoms with Gasteiger partial charge in [-0.3, -0.25) is 0 Å². The molecule has 0 aromatic heterocycles. The zero-order valence-corrected chi connectivity index (χ0v) is 12.1. The third-order valence-electron chi connectivity index (χ3n) is 4.20. The van der Waals surface area contributed by atoms with Gasteiger partial charge in [0.1, 0.15) is 0 Å². The summed E-state index contributed by atoms with van der Waals surface area (Å²) < 4.78 is 0. The molecule has 1 heteroatoms. The maximum atomic E-state index is 3.95. The minimum Gasteiger partial charge on any atom is -0.313 e. The van der Waals surface area contributed by atoms with Gasteiger partial charge in [0, 0.05) is 6.04 Å². The molecule has 1 fully saturated rings. The minimum absolute atomic E-state index is 0.553. The van der Waals surface area contributed by atoms with Crippen LogP contribution < -0.4 is 5.32 Å². The van der Waals surface area contributed by atoms with E-state index in [9.17, 15) is 0 Å². The topological polar surface area (TPSA) is 12.0 Å². The first-order valence-electron chi connectivity index (χ1n) is 7.49. The zero-order chi connectivity index (χ0) is 12.7. The first kappa shape index (κ1) is 14.8. The number of hydrogen-bond donors (Lipinski definition) is 1. The molecule has 0 aromatic carbocycles. The van der Waals surface area contributed by atoms with Gasteiger partial charge in [0.05, 0.1) is 0 Å². The van der Waals surface area contributed by atoms with Crippen LogP contribution in [0.5, 0.6) is 0 Å². The fourth-order valence-corrected chi connectivity index (χ4v) is 3.62. The van der Waals surface area contributed by atoms with Crippen LogP contribution in [0, 0.1) is 11.3 Å². The molecule has 1 saturated carbocycles. The van der Waals surface area contributed by atoms with Gasteiger partial charge in [-0.2, -0.15) is 0 Å². The molecule has 0 spiro atoms. The van der Waals surface area contributed by atoms with Crippen LogP contribution in [0.3, 0.4) is 0 Å². The lowest BCUT2D eigenvalue weighted by Crippen LogP contribution is -2.44. The summed E-state index contributed by atoms with van der Waals surface area (Å²) in [6, 6.07) is 0.657.